The predicted octanol–water partition coefficient (Wildman–Crippen LogP) is 4.23. The zero-order chi connectivity index (χ0) is 16.4. The molecule has 0 atom stereocenters. The first-order chi connectivity index (χ1) is 10.9. The predicted molar refractivity (Wildman–Crippen MR) is 80.2 cm³/mol. The van der Waals surface area contributed by atoms with Crippen LogP contribution in [0.4, 0.5) is 29.3 Å². The number of anilines is 2. The molecule has 23 heavy (non-hydrogen) atoms. The van der Waals surface area contributed by atoms with Gasteiger partial charge < -0.3 is 10.6 Å². The van der Waals surface area contributed by atoms with Gasteiger partial charge in [0.1, 0.15) is 0 Å². The van der Waals surface area contributed by atoms with E-state index in [2.05, 4.69) is 20.8 Å². The van der Waals surface area contributed by atoms with Crippen LogP contribution in [0.5, 0.6) is 0 Å². The molecular formula is C15H11F3N4O. The Hall–Kier alpha value is -3.03. The first-order valence-corrected chi connectivity index (χ1v) is 6.60. The molecule has 0 bridgehead atoms. The number of carbonyl (C=O) groups is 1. The maximum atomic E-state index is 12.6. The van der Waals surface area contributed by atoms with Gasteiger partial charge in [0, 0.05) is 16.8 Å². The average Bonchev–Trinajstić information content (AvgIpc) is 2.94. The number of alkyl halides is 3. The number of urea groups is 1. The molecule has 0 spiro atoms. The van der Waals surface area contributed by atoms with Crippen LogP contribution < -0.4 is 10.6 Å². The Morgan fingerprint density at radius 1 is 1.04 bits per heavy atom. The van der Waals surface area contributed by atoms with Crippen molar-refractivity contribution < 1.29 is 18.0 Å². The van der Waals surface area contributed by atoms with Crippen molar-refractivity contribution in [2.24, 2.45) is 0 Å². The van der Waals surface area contributed by atoms with Gasteiger partial charge >= 0.3 is 12.2 Å². The van der Waals surface area contributed by atoms with Gasteiger partial charge in [-0.05, 0) is 36.4 Å². The van der Waals surface area contributed by atoms with E-state index in [1.807, 2.05) is 0 Å². The summed E-state index contributed by atoms with van der Waals surface area (Å²) < 4.78 is 37.9. The Bertz CT molecular complexity index is 857. The van der Waals surface area contributed by atoms with Gasteiger partial charge in [-0.25, -0.2) is 4.79 Å². The standard InChI is InChI=1S/C15H11F3N4O/c16-15(17,18)10-2-1-3-11(7-10)20-14(23)21-12-4-5-13-9(6-12)8-19-22-13/h1-8H,(H,19,22)(H2,20,21,23). The van der Waals surface area contributed by atoms with E-state index in [1.54, 1.807) is 24.4 Å². The van der Waals surface area contributed by atoms with Crippen LogP contribution in [0.1, 0.15) is 5.56 Å². The summed E-state index contributed by atoms with van der Waals surface area (Å²) in [7, 11) is 0. The number of carbonyl (C=O) groups excluding carboxylic acids is 1. The van der Waals surface area contributed by atoms with Crippen molar-refractivity contribution in [1.29, 1.82) is 0 Å². The Balaban J connectivity index is 1.71. The molecule has 8 heteroatoms. The molecular weight excluding hydrogens is 309 g/mol. The molecule has 0 radical (unpaired) electrons. The van der Waals surface area contributed by atoms with Crippen LogP contribution in [0, 0.1) is 0 Å². The fraction of sp³-hybridized carbons (Fsp3) is 0.0667. The summed E-state index contributed by atoms with van der Waals surface area (Å²) in [6.45, 7) is 0. The number of nitrogens with one attached hydrogen (secondary N) is 3. The van der Waals surface area contributed by atoms with Gasteiger partial charge in [-0.15, -0.1) is 0 Å². The molecule has 0 unspecified atom stereocenters. The zero-order valence-electron chi connectivity index (χ0n) is 11.6. The number of hydrogen-bond donors (Lipinski definition) is 3. The molecule has 2 aromatic carbocycles. The van der Waals surface area contributed by atoms with Crippen molar-refractivity contribution in [2.75, 3.05) is 10.6 Å². The number of halogens is 3. The van der Waals surface area contributed by atoms with Crippen molar-refractivity contribution in [3.8, 4) is 0 Å². The summed E-state index contributed by atoms with van der Waals surface area (Å²) in [5.41, 5.74) is 0.550. The highest BCUT2D eigenvalue weighted by Crippen LogP contribution is 2.30. The molecule has 5 nitrogen and oxygen atoms in total. The molecule has 118 valence electrons. The van der Waals surface area contributed by atoms with E-state index in [0.717, 1.165) is 23.0 Å². The highest BCUT2D eigenvalue weighted by Gasteiger charge is 2.30. The van der Waals surface area contributed by atoms with Crippen molar-refractivity contribution in [2.45, 2.75) is 6.18 Å². The maximum Gasteiger partial charge on any atom is 0.416 e. The lowest BCUT2D eigenvalue weighted by Crippen LogP contribution is -2.19. The molecule has 3 N–H and O–H groups in total. The van der Waals surface area contributed by atoms with Gasteiger partial charge in [0.15, 0.2) is 0 Å². The molecule has 1 heterocycles. The molecule has 3 aromatic rings. The van der Waals surface area contributed by atoms with Crippen molar-refractivity contribution in [3.05, 3.63) is 54.2 Å². The van der Waals surface area contributed by atoms with E-state index in [0.29, 0.717) is 5.69 Å². The minimum Gasteiger partial charge on any atom is -0.308 e. The SMILES string of the molecule is O=C(Nc1cccc(C(F)(F)F)c1)Nc1ccc2[nH]ncc2c1. The van der Waals surface area contributed by atoms with Crippen molar-refractivity contribution in [3.63, 3.8) is 0 Å². The van der Waals surface area contributed by atoms with Crippen LogP contribution in [-0.4, -0.2) is 16.2 Å². The largest absolute Gasteiger partial charge is 0.416 e. The van der Waals surface area contributed by atoms with Crippen LogP contribution in [0.3, 0.4) is 0 Å². The van der Waals surface area contributed by atoms with Crippen molar-refractivity contribution >= 4 is 28.3 Å². The normalized spacial score (nSPS) is 11.4. The smallest absolute Gasteiger partial charge is 0.308 e. The summed E-state index contributed by atoms with van der Waals surface area (Å²) >= 11 is 0. The second kappa shape index (κ2) is 5.64. The Kier molecular flexibility index (Phi) is 3.65. The number of aromatic nitrogens is 2. The topological polar surface area (TPSA) is 69.8 Å². The minimum absolute atomic E-state index is 0.0571. The molecule has 0 saturated heterocycles. The molecule has 0 fully saturated rings. The van der Waals surface area contributed by atoms with E-state index in [-0.39, 0.29) is 5.69 Å². The number of fused-ring (bicyclic) bond motifs is 1. The highest BCUT2D eigenvalue weighted by atomic mass is 19.4. The number of hydrogen-bond acceptors (Lipinski definition) is 2. The highest BCUT2D eigenvalue weighted by molar-refractivity contribution is 6.00. The van der Waals surface area contributed by atoms with E-state index < -0.39 is 17.8 Å². The molecule has 0 aliphatic carbocycles. The van der Waals surface area contributed by atoms with Crippen LogP contribution in [0.25, 0.3) is 10.9 Å². The second-order valence-electron chi connectivity index (χ2n) is 4.83. The van der Waals surface area contributed by atoms with Gasteiger partial charge in [-0.1, -0.05) is 6.07 Å². The Morgan fingerprint density at radius 3 is 2.52 bits per heavy atom. The quantitative estimate of drug-likeness (QED) is 0.661. The molecule has 2 amide bonds. The molecule has 0 aliphatic heterocycles. The number of H-pyrrole nitrogens is 1. The summed E-state index contributed by atoms with van der Waals surface area (Å²) in [4.78, 5) is 11.9. The number of aromatic amines is 1. The maximum absolute atomic E-state index is 12.6. The number of amides is 2. The van der Waals surface area contributed by atoms with Crippen molar-refractivity contribution in [1.82, 2.24) is 10.2 Å². The summed E-state index contributed by atoms with van der Waals surface area (Å²) in [5, 5.41) is 12.4. The minimum atomic E-state index is -4.46. The van der Waals surface area contributed by atoms with E-state index >= 15 is 0 Å². The number of benzene rings is 2. The van der Waals surface area contributed by atoms with Gasteiger partial charge in [0.2, 0.25) is 0 Å². The average molecular weight is 320 g/mol. The molecule has 0 saturated carbocycles. The Morgan fingerprint density at radius 2 is 1.78 bits per heavy atom. The molecule has 3 rings (SSSR count). The van der Waals surface area contributed by atoms with Crippen LogP contribution in [-0.2, 0) is 6.18 Å². The van der Waals surface area contributed by atoms with Gasteiger partial charge in [-0.2, -0.15) is 18.3 Å². The summed E-state index contributed by atoms with van der Waals surface area (Å²) in [6, 6.07) is 8.89. The lowest BCUT2D eigenvalue weighted by Gasteiger charge is -2.10. The zero-order valence-corrected chi connectivity index (χ0v) is 11.6. The van der Waals surface area contributed by atoms with Gasteiger partial charge in [0.25, 0.3) is 0 Å². The number of rotatable bonds is 2. The summed E-state index contributed by atoms with van der Waals surface area (Å²) in [5.74, 6) is 0. The number of nitrogens with zero attached hydrogens (tertiary/aromatic N) is 1. The lowest BCUT2D eigenvalue weighted by atomic mass is 10.2. The fourth-order valence-corrected chi connectivity index (χ4v) is 2.09. The Labute approximate surface area is 128 Å². The third kappa shape index (κ3) is 3.42. The van der Waals surface area contributed by atoms with Gasteiger partial charge in [-0.3, -0.25) is 5.10 Å². The molecule has 0 aliphatic rings. The lowest BCUT2D eigenvalue weighted by molar-refractivity contribution is -0.137. The van der Waals surface area contributed by atoms with Crippen LogP contribution >= 0.6 is 0 Å². The first kappa shape index (κ1) is 14.9. The van der Waals surface area contributed by atoms with E-state index in [9.17, 15) is 18.0 Å². The third-order valence-corrected chi connectivity index (χ3v) is 3.15. The summed E-state index contributed by atoms with van der Waals surface area (Å²) in [6.07, 6.45) is -2.86. The monoisotopic (exact) mass is 320 g/mol. The fourth-order valence-electron chi connectivity index (χ4n) is 2.09. The van der Waals surface area contributed by atoms with Gasteiger partial charge in [0.05, 0.1) is 17.3 Å². The second-order valence-corrected chi connectivity index (χ2v) is 4.83. The first-order valence-electron chi connectivity index (χ1n) is 6.60. The van der Waals surface area contributed by atoms with Crippen LogP contribution in [0.15, 0.2) is 48.7 Å². The van der Waals surface area contributed by atoms with E-state index in [4.69, 9.17) is 0 Å². The molecule has 1 aromatic heterocycles. The third-order valence-electron chi connectivity index (χ3n) is 3.15. The van der Waals surface area contributed by atoms with E-state index in [1.165, 1.54) is 12.1 Å². The van der Waals surface area contributed by atoms with Crippen LogP contribution in [0.2, 0.25) is 0 Å².